The van der Waals surface area contributed by atoms with Crippen molar-refractivity contribution in [2.45, 2.75) is 25.9 Å². The normalized spacial score (nSPS) is 16.2. The van der Waals surface area contributed by atoms with Crippen molar-refractivity contribution < 1.29 is 17.5 Å². The minimum Gasteiger partial charge on any atom is -0.379 e. The van der Waals surface area contributed by atoms with Gasteiger partial charge in [0.25, 0.3) is 0 Å². The lowest BCUT2D eigenvalue weighted by Gasteiger charge is -2.31. The van der Waals surface area contributed by atoms with Crippen LogP contribution < -0.4 is 5.32 Å². The molecule has 0 amide bonds. The average molecular weight is 473 g/mol. The van der Waals surface area contributed by atoms with E-state index in [0.29, 0.717) is 22.8 Å². The second kappa shape index (κ2) is 9.01. The third-order valence-electron chi connectivity index (χ3n) is 4.63. The van der Waals surface area contributed by atoms with Gasteiger partial charge in [0.15, 0.2) is 0 Å². The maximum atomic E-state index is 13.4. The summed E-state index contributed by atoms with van der Waals surface area (Å²) in [5, 5.41) is 5.34. The Hall–Kier alpha value is -2.01. The largest absolute Gasteiger partial charge is 0.379 e. The Morgan fingerprint density at radius 3 is 2.77 bits per heavy atom. The SMILES string of the molecule is COC(C)(C)CCN1C(CNc2ccc(F)c(Cl)c2)=CC(c2nccs2)=NS1(=O)=O. The minimum atomic E-state index is -3.96. The van der Waals surface area contributed by atoms with Gasteiger partial charge < -0.3 is 10.1 Å². The number of thiazole rings is 1. The van der Waals surface area contributed by atoms with Gasteiger partial charge in [0, 0.05) is 30.9 Å². The molecule has 0 atom stereocenters. The van der Waals surface area contributed by atoms with Gasteiger partial charge in [-0.15, -0.1) is 15.7 Å². The van der Waals surface area contributed by atoms with Crippen molar-refractivity contribution in [2.75, 3.05) is 25.5 Å². The molecule has 1 aromatic carbocycles. The van der Waals surface area contributed by atoms with Crippen LogP contribution >= 0.6 is 22.9 Å². The lowest BCUT2D eigenvalue weighted by molar-refractivity contribution is 0.0132. The maximum Gasteiger partial charge on any atom is 0.345 e. The average Bonchev–Trinajstić information content (AvgIpc) is 3.22. The van der Waals surface area contributed by atoms with Gasteiger partial charge in [-0.3, -0.25) is 4.31 Å². The number of nitrogens with zero attached hydrogens (tertiary/aromatic N) is 3. The van der Waals surface area contributed by atoms with Crippen LogP contribution in [0.2, 0.25) is 5.02 Å². The van der Waals surface area contributed by atoms with Crippen LogP contribution in [-0.2, 0) is 14.9 Å². The molecule has 0 saturated carbocycles. The van der Waals surface area contributed by atoms with Gasteiger partial charge in [0.2, 0.25) is 0 Å². The summed E-state index contributed by atoms with van der Waals surface area (Å²) in [6.07, 6.45) is 3.75. The molecule has 162 valence electrons. The number of methoxy groups -OCH3 is 1. The third kappa shape index (κ3) is 5.37. The molecule has 0 radical (unpaired) electrons. The van der Waals surface area contributed by atoms with E-state index in [1.54, 1.807) is 24.8 Å². The molecule has 2 heterocycles. The first kappa shape index (κ1) is 22.7. The number of nitrogens with one attached hydrogen (secondary N) is 1. The van der Waals surface area contributed by atoms with E-state index < -0.39 is 21.6 Å². The molecule has 11 heteroatoms. The van der Waals surface area contributed by atoms with Crippen molar-refractivity contribution in [1.82, 2.24) is 9.29 Å². The molecule has 1 aliphatic rings. The van der Waals surface area contributed by atoms with Crippen molar-refractivity contribution >= 4 is 44.5 Å². The van der Waals surface area contributed by atoms with E-state index in [9.17, 15) is 12.8 Å². The van der Waals surface area contributed by atoms with Crippen LogP contribution in [-0.4, -0.2) is 49.2 Å². The number of ether oxygens (including phenoxy) is 1. The Kier molecular flexibility index (Phi) is 6.81. The monoisotopic (exact) mass is 472 g/mol. The molecule has 2 aromatic rings. The first-order chi connectivity index (χ1) is 14.1. The molecule has 1 N–H and O–H groups in total. The predicted octanol–water partition coefficient (Wildman–Crippen LogP) is 4.10. The van der Waals surface area contributed by atoms with Crippen LogP contribution in [0.5, 0.6) is 0 Å². The van der Waals surface area contributed by atoms with E-state index in [-0.39, 0.29) is 23.8 Å². The summed E-state index contributed by atoms with van der Waals surface area (Å²) < 4.78 is 49.9. The van der Waals surface area contributed by atoms with Crippen LogP contribution in [0.1, 0.15) is 25.3 Å². The first-order valence-electron chi connectivity index (χ1n) is 9.08. The zero-order chi connectivity index (χ0) is 21.9. The second-order valence-corrected chi connectivity index (χ2v) is 10.0. The van der Waals surface area contributed by atoms with Gasteiger partial charge in [-0.25, -0.2) is 9.37 Å². The zero-order valence-corrected chi connectivity index (χ0v) is 19.1. The van der Waals surface area contributed by atoms with E-state index in [1.165, 1.54) is 33.8 Å². The van der Waals surface area contributed by atoms with E-state index in [4.69, 9.17) is 16.3 Å². The molecule has 1 aliphatic heterocycles. The van der Waals surface area contributed by atoms with Crippen LogP contribution in [0.15, 0.2) is 45.9 Å². The third-order valence-corrected chi connectivity index (χ3v) is 7.12. The molecule has 3 rings (SSSR count). The quantitative estimate of drug-likeness (QED) is 0.625. The summed E-state index contributed by atoms with van der Waals surface area (Å²) in [7, 11) is -2.38. The fourth-order valence-corrected chi connectivity index (χ4v) is 4.76. The molecule has 0 unspecified atom stereocenters. The van der Waals surface area contributed by atoms with Crippen molar-refractivity contribution in [3.8, 4) is 0 Å². The molecular formula is C19H22ClFN4O3S2. The van der Waals surface area contributed by atoms with Crippen LogP contribution in [0.4, 0.5) is 10.1 Å². The topological polar surface area (TPSA) is 83.9 Å². The summed E-state index contributed by atoms with van der Waals surface area (Å²) in [4.78, 5) is 4.16. The van der Waals surface area contributed by atoms with Crippen LogP contribution in [0, 0.1) is 5.82 Å². The summed E-state index contributed by atoms with van der Waals surface area (Å²) >= 11 is 7.14. The number of rotatable bonds is 8. The lowest BCUT2D eigenvalue weighted by atomic mass is 10.1. The van der Waals surface area contributed by atoms with E-state index >= 15 is 0 Å². The van der Waals surface area contributed by atoms with Gasteiger partial charge in [0.1, 0.15) is 16.5 Å². The molecule has 1 aromatic heterocycles. The number of hydrogen-bond acceptors (Lipinski definition) is 6. The molecule has 0 spiro atoms. The molecule has 0 saturated heterocycles. The Morgan fingerprint density at radius 1 is 1.37 bits per heavy atom. The Bertz CT molecular complexity index is 1070. The molecule has 0 bridgehead atoms. The number of aromatic nitrogens is 1. The highest BCUT2D eigenvalue weighted by Gasteiger charge is 2.31. The van der Waals surface area contributed by atoms with Crippen LogP contribution in [0.3, 0.4) is 0 Å². The fraction of sp³-hybridized carbons (Fsp3) is 0.368. The Labute approximate surface area is 184 Å². The molecule has 7 nitrogen and oxygen atoms in total. The number of allylic oxidation sites excluding steroid dienone is 1. The molecule has 0 aliphatic carbocycles. The highest BCUT2D eigenvalue weighted by atomic mass is 35.5. The number of anilines is 1. The van der Waals surface area contributed by atoms with E-state index in [2.05, 4.69) is 14.7 Å². The summed E-state index contributed by atoms with van der Waals surface area (Å²) in [5.74, 6) is -0.525. The number of halogens is 2. The van der Waals surface area contributed by atoms with Gasteiger partial charge in [-0.05, 0) is 44.5 Å². The van der Waals surface area contributed by atoms with E-state index in [1.807, 2.05) is 13.8 Å². The van der Waals surface area contributed by atoms with Crippen molar-refractivity contribution in [3.63, 3.8) is 0 Å². The second-order valence-electron chi connectivity index (χ2n) is 7.20. The van der Waals surface area contributed by atoms with E-state index in [0.717, 1.165) is 0 Å². The van der Waals surface area contributed by atoms with Gasteiger partial charge >= 0.3 is 10.2 Å². The smallest absolute Gasteiger partial charge is 0.345 e. The minimum absolute atomic E-state index is 0.0195. The van der Waals surface area contributed by atoms with Crippen molar-refractivity contribution in [3.05, 3.63) is 57.4 Å². The van der Waals surface area contributed by atoms with Gasteiger partial charge in [-0.2, -0.15) is 8.42 Å². The summed E-state index contributed by atoms with van der Waals surface area (Å²) in [6.45, 7) is 4.13. The lowest BCUT2D eigenvalue weighted by Crippen LogP contribution is -2.39. The summed E-state index contributed by atoms with van der Waals surface area (Å²) in [5.41, 5.74) is 0.830. The molecule has 30 heavy (non-hydrogen) atoms. The summed E-state index contributed by atoms with van der Waals surface area (Å²) in [6, 6.07) is 4.23. The zero-order valence-electron chi connectivity index (χ0n) is 16.7. The molecule has 0 fully saturated rings. The predicted molar refractivity (Wildman–Crippen MR) is 118 cm³/mol. The Balaban J connectivity index is 1.89. The van der Waals surface area contributed by atoms with Crippen molar-refractivity contribution in [1.29, 1.82) is 0 Å². The number of benzene rings is 1. The van der Waals surface area contributed by atoms with Gasteiger partial charge in [0.05, 0.1) is 22.9 Å². The molecular weight excluding hydrogens is 451 g/mol. The van der Waals surface area contributed by atoms with Gasteiger partial charge in [-0.1, -0.05) is 11.6 Å². The number of hydrogen-bond donors (Lipinski definition) is 1. The Morgan fingerprint density at radius 2 is 2.13 bits per heavy atom. The van der Waals surface area contributed by atoms with Crippen molar-refractivity contribution in [2.24, 2.45) is 4.40 Å². The highest BCUT2D eigenvalue weighted by molar-refractivity contribution is 7.88. The van der Waals surface area contributed by atoms with Crippen LogP contribution in [0.25, 0.3) is 0 Å². The maximum absolute atomic E-state index is 13.4. The first-order valence-corrected chi connectivity index (χ1v) is 11.7. The highest BCUT2D eigenvalue weighted by Crippen LogP contribution is 2.26. The standard InChI is InChI=1S/C19H22ClFN4O3S2/c1-19(2,28-3)6-8-25-14(12-23-13-4-5-16(21)15(20)10-13)11-17(24-30(25,26)27)18-22-7-9-29-18/h4-5,7,9-11,23H,6,8,12H2,1-3H3. The fourth-order valence-electron chi connectivity index (χ4n) is 2.70.